The number of hydrogen-bond donors (Lipinski definition) is 1. The van der Waals surface area contributed by atoms with Crippen molar-refractivity contribution in [2.24, 2.45) is 11.8 Å². The summed E-state index contributed by atoms with van der Waals surface area (Å²) in [5, 5.41) is 3.53. The van der Waals surface area contributed by atoms with Gasteiger partial charge in [-0.3, -0.25) is 4.79 Å². The van der Waals surface area contributed by atoms with Crippen LogP contribution in [-0.2, 0) is 32.4 Å². The fourth-order valence-electron chi connectivity index (χ4n) is 4.70. The molecule has 1 aliphatic heterocycles. The van der Waals surface area contributed by atoms with E-state index in [0.29, 0.717) is 39.1 Å². The van der Waals surface area contributed by atoms with Crippen molar-refractivity contribution in [2.75, 3.05) is 31.8 Å². The van der Waals surface area contributed by atoms with Crippen LogP contribution in [0.1, 0.15) is 47.0 Å². The van der Waals surface area contributed by atoms with Crippen LogP contribution >= 0.6 is 23.1 Å². The molecule has 34 heavy (non-hydrogen) atoms. The second-order valence-corrected chi connectivity index (χ2v) is 12.7. The lowest BCUT2D eigenvalue weighted by molar-refractivity contribution is -0.120. The number of anilines is 1. The smallest absolute Gasteiger partial charge is 0.341 e. The van der Waals surface area contributed by atoms with Gasteiger partial charge >= 0.3 is 5.97 Å². The van der Waals surface area contributed by atoms with Crippen LogP contribution in [0.5, 0.6) is 0 Å². The Morgan fingerprint density at radius 2 is 1.88 bits per heavy atom. The standard InChI is InChI=1S/C24H30N2O5S3/c1-15-8-9-17-19(14-15)33-23(21(17)24(28)31-2)25-22(27)16-10-12-26(13-11-16)34(29,30)20-7-5-4-6-18(20)32-3/h4-7,15-16H,8-14H2,1-3H3,(H,25,27). The number of rotatable bonds is 6. The summed E-state index contributed by atoms with van der Waals surface area (Å²) in [6.07, 6.45) is 5.43. The summed E-state index contributed by atoms with van der Waals surface area (Å²) in [7, 11) is -2.26. The van der Waals surface area contributed by atoms with Crippen molar-refractivity contribution in [3.8, 4) is 0 Å². The SMILES string of the molecule is COC(=O)c1c(NC(=O)C2CCN(S(=O)(=O)c3ccccc3SC)CC2)sc2c1CCC(C)C2. The molecule has 1 aromatic heterocycles. The van der Waals surface area contributed by atoms with E-state index in [1.165, 1.54) is 34.5 Å². The van der Waals surface area contributed by atoms with E-state index in [4.69, 9.17) is 4.74 Å². The Morgan fingerprint density at radius 3 is 2.56 bits per heavy atom. The Labute approximate surface area is 209 Å². The number of methoxy groups -OCH3 is 1. The van der Waals surface area contributed by atoms with Gasteiger partial charge in [0.25, 0.3) is 0 Å². The number of thiophene rings is 1. The summed E-state index contributed by atoms with van der Waals surface area (Å²) in [6, 6.07) is 6.99. The quantitative estimate of drug-likeness (QED) is 0.446. The molecule has 0 spiro atoms. The van der Waals surface area contributed by atoms with Gasteiger partial charge < -0.3 is 10.1 Å². The monoisotopic (exact) mass is 522 g/mol. The third kappa shape index (κ3) is 4.91. The number of benzene rings is 1. The predicted octanol–water partition coefficient (Wildman–Crippen LogP) is 4.42. The molecule has 4 rings (SSSR count). The van der Waals surface area contributed by atoms with Gasteiger partial charge in [-0.25, -0.2) is 13.2 Å². The summed E-state index contributed by atoms with van der Waals surface area (Å²) in [6.45, 7) is 2.76. The Balaban J connectivity index is 1.46. The molecule has 1 atom stereocenters. The minimum atomic E-state index is -3.62. The molecule has 0 radical (unpaired) electrons. The van der Waals surface area contributed by atoms with Crippen molar-refractivity contribution in [1.29, 1.82) is 0 Å². The number of carbonyl (C=O) groups is 2. The van der Waals surface area contributed by atoms with Crippen molar-refractivity contribution in [1.82, 2.24) is 4.31 Å². The number of amides is 1. The summed E-state index contributed by atoms with van der Waals surface area (Å²) in [5.74, 6) is -0.359. The summed E-state index contributed by atoms with van der Waals surface area (Å²) < 4.78 is 32.9. The van der Waals surface area contributed by atoms with E-state index in [0.717, 1.165) is 29.7 Å². The van der Waals surface area contributed by atoms with Gasteiger partial charge in [0.05, 0.1) is 17.6 Å². The number of fused-ring (bicyclic) bond motifs is 1. The van der Waals surface area contributed by atoms with Crippen LogP contribution < -0.4 is 5.32 Å². The van der Waals surface area contributed by atoms with Gasteiger partial charge in [-0.05, 0) is 62.0 Å². The third-order valence-corrected chi connectivity index (χ3v) is 10.7. The number of hydrogen-bond acceptors (Lipinski definition) is 7. The highest BCUT2D eigenvalue weighted by Gasteiger charge is 2.35. The lowest BCUT2D eigenvalue weighted by atomic mass is 9.88. The lowest BCUT2D eigenvalue weighted by Crippen LogP contribution is -2.41. The molecule has 1 aliphatic carbocycles. The van der Waals surface area contributed by atoms with Crippen LogP contribution in [0.25, 0.3) is 0 Å². The fourth-order valence-corrected chi connectivity index (χ4v) is 8.69. The number of ether oxygens (including phenoxy) is 1. The van der Waals surface area contributed by atoms with Crippen molar-refractivity contribution >= 4 is 50.0 Å². The Bertz CT molecular complexity index is 1180. The second kappa shape index (κ2) is 10.4. The van der Waals surface area contributed by atoms with Gasteiger partial charge in [0.1, 0.15) is 5.00 Å². The van der Waals surface area contributed by atoms with Crippen molar-refractivity contribution in [3.63, 3.8) is 0 Å². The number of carbonyl (C=O) groups excluding carboxylic acids is 2. The molecule has 10 heteroatoms. The molecule has 1 N–H and O–H groups in total. The molecule has 0 bridgehead atoms. The summed E-state index contributed by atoms with van der Waals surface area (Å²) in [4.78, 5) is 27.8. The first kappa shape index (κ1) is 25.2. The number of esters is 1. The molecule has 184 valence electrons. The minimum absolute atomic E-state index is 0.168. The first-order valence-electron chi connectivity index (χ1n) is 11.4. The van der Waals surface area contributed by atoms with E-state index in [1.54, 1.807) is 18.2 Å². The van der Waals surface area contributed by atoms with E-state index < -0.39 is 16.0 Å². The average molecular weight is 523 g/mol. The Kier molecular flexibility index (Phi) is 7.71. The molecule has 2 heterocycles. The molecule has 7 nitrogen and oxygen atoms in total. The number of piperidine rings is 1. The van der Waals surface area contributed by atoms with E-state index in [-0.39, 0.29) is 24.9 Å². The summed E-state index contributed by atoms with van der Waals surface area (Å²) >= 11 is 2.87. The zero-order valence-electron chi connectivity index (χ0n) is 19.6. The van der Waals surface area contributed by atoms with Crippen LogP contribution in [0.4, 0.5) is 5.00 Å². The topological polar surface area (TPSA) is 92.8 Å². The highest BCUT2D eigenvalue weighted by atomic mass is 32.2. The second-order valence-electron chi connectivity index (χ2n) is 8.87. The minimum Gasteiger partial charge on any atom is -0.465 e. The van der Waals surface area contributed by atoms with Gasteiger partial charge in [0.15, 0.2) is 0 Å². The molecule has 1 fully saturated rings. The lowest BCUT2D eigenvalue weighted by Gasteiger charge is -2.31. The number of sulfonamides is 1. The fraction of sp³-hybridized carbons (Fsp3) is 0.500. The molecule has 2 aromatic rings. The highest BCUT2D eigenvalue weighted by molar-refractivity contribution is 7.99. The van der Waals surface area contributed by atoms with Crippen molar-refractivity contribution < 1.29 is 22.7 Å². The Hall–Kier alpha value is -1.88. The van der Waals surface area contributed by atoms with Crippen molar-refractivity contribution in [2.45, 2.75) is 48.8 Å². The molecule has 1 aromatic carbocycles. The van der Waals surface area contributed by atoms with E-state index in [1.807, 2.05) is 12.3 Å². The van der Waals surface area contributed by atoms with Gasteiger partial charge in [-0.2, -0.15) is 4.31 Å². The maximum absolute atomic E-state index is 13.2. The predicted molar refractivity (Wildman–Crippen MR) is 135 cm³/mol. The zero-order chi connectivity index (χ0) is 24.5. The number of thioether (sulfide) groups is 1. The normalized spacial score (nSPS) is 19.4. The molecule has 0 saturated carbocycles. The van der Waals surface area contributed by atoms with Crippen LogP contribution in [0, 0.1) is 11.8 Å². The zero-order valence-corrected chi connectivity index (χ0v) is 22.1. The van der Waals surface area contributed by atoms with Crippen LogP contribution in [0.2, 0.25) is 0 Å². The molecule has 1 unspecified atom stereocenters. The molecular formula is C24H30N2O5S3. The van der Waals surface area contributed by atoms with Gasteiger partial charge in [-0.15, -0.1) is 23.1 Å². The van der Waals surface area contributed by atoms with Gasteiger partial charge in [-0.1, -0.05) is 19.1 Å². The van der Waals surface area contributed by atoms with Crippen LogP contribution in [0.3, 0.4) is 0 Å². The largest absolute Gasteiger partial charge is 0.465 e. The van der Waals surface area contributed by atoms with E-state index >= 15 is 0 Å². The van der Waals surface area contributed by atoms with E-state index in [2.05, 4.69) is 12.2 Å². The molecule has 2 aliphatic rings. The van der Waals surface area contributed by atoms with Crippen LogP contribution in [0.15, 0.2) is 34.1 Å². The van der Waals surface area contributed by atoms with Gasteiger partial charge in [0, 0.05) is 28.8 Å². The third-order valence-electron chi connectivity index (χ3n) is 6.65. The molecule has 1 saturated heterocycles. The average Bonchev–Trinajstić information content (AvgIpc) is 3.20. The van der Waals surface area contributed by atoms with E-state index in [9.17, 15) is 18.0 Å². The first-order chi connectivity index (χ1) is 16.3. The molecular weight excluding hydrogens is 492 g/mol. The number of nitrogens with one attached hydrogen (secondary N) is 1. The maximum atomic E-state index is 13.2. The first-order valence-corrected chi connectivity index (χ1v) is 14.9. The summed E-state index contributed by atoms with van der Waals surface area (Å²) in [5.41, 5.74) is 1.48. The maximum Gasteiger partial charge on any atom is 0.341 e. The van der Waals surface area contributed by atoms with Crippen molar-refractivity contribution in [3.05, 3.63) is 40.3 Å². The van der Waals surface area contributed by atoms with Gasteiger partial charge in [0.2, 0.25) is 15.9 Å². The highest BCUT2D eigenvalue weighted by Crippen LogP contribution is 2.40. The Morgan fingerprint density at radius 1 is 1.18 bits per heavy atom. The molecule has 1 amide bonds. The number of nitrogens with zero attached hydrogens (tertiary/aromatic N) is 1. The van der Waals surface area contributed by atoms with Crippen LogP contribution in [-0.4, -0.2) is 51.1 Å².